The number of nitrogen functional groups attached to an aromatic ring is 1. The number of hydrogen-bond acceptors (Lipinski definition) is 6. The van der Waals surface area contributed by atoms with Crippen LogP contribution in [0, 0.1) is 0 Å². The first-order chi connectivity index (χ1) is 9.22. The van der Waals surface area contributed by atoms with Crippen molar-refractivity contribution in [2.24, 2.45) is 0 Å². The number of benzene rings is 1. The third-order valence-corrected chi connectivity index (χ3v) is 3.49. The number of hydrogen-bond donors (Lipinski definition) is 2. The number of aromatic nitrogens is 1. The van der Waals surface area contributed by atoms with Gasteiger partial charge in [0.05, 0.1) is 29.1 Å². The Bertz CT molecular complexity index is 555. The Morgan fingerprint density at radius 1 is 1.53 bits per heavy atom. The van der Waals surface area contributed by atoms with E-state index in [1.165, 1.54) is 7.11 Å². The molecule has 1 aromatic carbocycles. The zero-order chi connectivity index (χ0) is 13.7. The molecule has 0 bridgehead atoms. The van der Waals surface area contributed by atoms with Crippen molar-refractivity contribution >= 4 is 28.7 Å². The fraction of sp³-hybridized carbons (Fsp3) is 0.231. The van der Waals surface area contributed by atoms with Crippen LogP contribution in [0.25, 0.3) is 0 Å². The van der Waals surface area contributed by atoms with Gasteiger partial charge in [0.25, 0.3) is 0 Å². The lowest BCUT2D eigenvalue weighted by Crippen LogP contribution is -2.11. The molecule has 0 saturated carbocycles. The minimum absolute atomic E-state index is 0.377. The lowest BCUT2D eigenvalue weighted by Gasteiger charge is -2.11. The number of esters is 1. The van der Waals surface area contributed by atoms with Crippen LogP contribution in [0.3, 0.4) is 0 Å². The molecule has 1 heterocycles. The van der Waals surface area contributed by atoms with Gasteiger partial charge in [0.15, 0.2) is 0 Å². The van der Waals surface area contributed by atoms with E-state index in [9.17, 15) is 4.79 Å². The molecule has 0 unspecified atom stereocenters. The van der Waals surface area contributed by atoms with Gasteiger partial charge in [-0.25, -0.2) is 9.78 Å². The Hall–Kier alpha value is -2.08. The number of nitrogens with two attached hydrogens (primary N) is 1. The summed E-state index contributed by atoms with van der Waals surface area (Å²) in [7, 11) is 1.34. The second-order valence-electron chi connectivity index (χ2n) is 3.86. The third kappa shape index (κ3) is 3.23. The van der Waals surface area contributed by atoms with Gasteiger partial charge in [-0.05, 0) is 12.1 Å². The second kappa shape index (κ2) is 6.19. The first kappa shape index (κ1) is 13.4. The molecule has 6 heteroatoms. The van der Waals surface area contributed by atoms with Gasteiger partial charge in [-0.1, -0.05) is 6.07 Å². The molecule has 0 saturated heterocycles. The van der Waals surface area contributed by atoms with Gasteiger partial charge in [0.1, 0.15) is 0 Å². The molecule has 0 aliphatic rings. The van der Waals surface area contributed by atoms with Crippen molar-refractivity contribution < 1.29 is 9.53 Å². The van der Waals surface area contributed by atoms with Crippen LogP contribution in [0.2, 0.25) is 0 Å². The maximum Gasteiger partial charge on any atom is 0.340 e. The van der Waals surface area contributed by atoms with Gasteiger partial charge < -0.3 is 15.8 Å². The number of carbonyl (C=O) groups excluding carboxylic acids is 1. The molecule has 1 aromatic heterocycles. The first-order valence-corrected chi connectivity index (χ1v) is 6.69. The standard InChI is InChI=1S/C13H15N3O2S/c1-18-13(17)9-3-2-4-10(12(9)14)15-6-5-11-16-7-8-19-11/h2-4,7-8,15H,5-6,14H2,1H3. The lowest BCUT2D eigenvalue weighted by molar-refractivity contribution is 0.0602. The van der Waals surface area contributed by atoms with Crippen LogP contribution >= 0.6 is 11.3 Å². The van der Waals surface area contributed by atoms with E-state index in [4.69, 9.17) is 5.73 Å². The summed E-state index contributed by atoms with van der Waals surface area (Å²) in [6.07, 6.45) is 2.60. The van der Waals surface area contributed by atoms with Crippen LogP contribution < -0.4 is 11.1 Å². The second-order valence-corrected chi connectivity index (χ2v) is 4.84. The van der Waals surface area contributed by atoms with E-state index >= 15 is 0 Å². The maximum absolute atomic E-state index is 11.5. The predicted molar refractivity (Wildman–Crippen MR) is 76.5 cm³/mol. The van der Waals surface area contributed by atoms with E-state index in [1.807, 2.05) is 11.4 Å². The van der Waals surface area contributed by atoms with Gasteiger partial charge in [-0.3, -0.25) is 0 Å². The topological polar surface area (TPSA) is 77.2 Å². The van der Waals surface area contributed by atoms with Crippen LogP contribution in [-0.4, -0.2) is 24.6 Å². The molecule has 0 atom stereocenters. The number of para-hydroxylation sites is 1. The van der Waals surface area contributed by atoms with E-state index in [0.29, 0.717) is 17.8 Å². The quantitative estimate of drug-likeness (QED) is 0.647. The van der Waals surface area contributed by atoms with E-state index in [2.05, 4.69) is 15.0 Å². The van der Waals surface area contributed by atoms with Gasteiger partial charge in [-0.2, -0.15) is 0 Å². The number of thiazole rings is 1. The Morgan fingerprint density at radius 2 is 2.37 bits per heavy atom. The van der Waals surface area contributed by atoms with Crippen molar-refractivity contribution in [1.29, 1.82) is 0 Å². The third-order valence-electron chi connectivity index (χ3n) is 2.65. The van der Waals surface area contributed by atoms with Gasteiger partial charge in [0, 0.05) is 24.5 Å². The smallest absolute Gasteiger partial charge is 0.340 e. The Balaban J connectivity index is 2.02. The summed E-state index contributed by atoms with van der Waals surface area (Å²) in [6.45, 7) is 0.711. The fourth-order valence-corrected chi connectivity index (χ4v) is 2.31. The van der Waals surface area contributed by atoms with Crippen LogP contribution in [-0.2, 0) is 11.2 Å². The highest BCUT2D eigenvalue weighted by Gasteiger charge is 2.12. The van der Waals surface area contributed by atoms with E-state index in [0.717, 1.165) is 17.1 Å². The summed E-state index contributed by atoms with van der Waals surface area (Å²) in [5.41, 5.74) is 7.47. The number of methoxy groups -OCH3 is 1. The zero-order valence-electron chi connectivity index (χ0n) is 10.6. The highest BCUT2D eigenvalue weighted by atomic mass is 32.1. The maximum atomic E-state index is 11.5. The number of ether oxygens (including phenoxy) is 1. The van der Waals surface area contributed by atoms with Crippen LogP contribution in [0.1, 0.15) is 15.4 Å². The largest absolute Gasteiger partial charge is 0.465 e. The molecule has 0 fully saturated rings. The molecule has 5 nitrogen and oxygen atoms in total. The summed E-state index contributed by atoms with van der Waals surface area (Å²) in [6, 6.07) is 5.26. The van der Waals surface area contributed by atoms with E-state index < -0.39 is 5.97 Å². The monoisotopic (exact) mass is 277 g/mol. The number of nitrogens with one attached hydrogen (secondary N) is 1. The average Bonchev–Trinajstić information content (AvgIpc) is 2.93. The molecule has 0 aliphatic heterocycles. The van der Waals surface area contributed by atoms with E-state index in [1.54, 1.807) is 29.7 Å². The Labute approximate surface area is 115 Å². The highest BCUT2D eigenvalue weighted by molar-refractivity contribution is 7.09. The molecule has 100 valence electrons. The molecule has 0 spiro atoms. The summed E-state index contributed by atoms with van der Waals surface area (Å²) in [5.74, 6) is -0.430. The van der Waals surface area contributed by atoms with Crippen molar-refractivity contribution in [2.75, 3.05) is 24.7 Å². The molecular weight excluding hydrogens is 262 g/mol. The molecule has 2 rings (SSSR count). The molecular formula is C13H15N3O2S. The molecule has 0 amide bonds. The number of nitrogens with zero attached hydrogens (tertiary/aromatic N) is 1. The van der Waals surface area contributed by atoms with Crippen molar-refractivity contribution in [3.8, 4) is 0 Å². The lowest BCUT2D eigenvalue weighted by atomic mass is 10.1. The highest BCUT2D eigenvalue weighted by Crippen LogP contribution is 2.23. The summed E-state index contributed by atoms with van der Waals surface area (Å²) < 4.78 is 4.68. The molecule has 19 heavy (non-hydrogen) atoms. The van der Waals surface area contributed by atoms with Crippen LogP contribution in [0.4, 0.5) is 11.4 Å². The Kier molecular flexibility index (Phi) is 4.35. The summed E-state index contributed by atoms with van der Waals surface area (Å²) in [4.78, 5) is 15.7. The first-order valence-electron chi connectivity index (χ1n) is 5.81. The number of rotatable bonds is 5. The van der Waals surface area contributed by atoms with Crippen LogP contribution in [0.5, 0.6) is 0 Å². The SMILES string of the molecule is COC(=O)c1cccc(NCCc2nccs2)c1N. The average molecular weight is 277 g/mol. The minimum Gasteiger partial charge on any atom is -0.465 e. The molecule has 0 aliphatic carbocycles. The Morgan fingerprint density at radius 3 is 3.05 bits per heavy atom. The van der Waals surface area contributed by atoms with Crippen molar-refractivity contribution in [3.63, 3.8) is 0 Å². The fourth-order valence-electron chi connectivity index (χ4n) is 1.69. The van der Waals surface area contributed by atoms with Crippen molar-refractivity contribution in [1.82, 2.24) is 4.98 Å². The van der Waals surface area contributed by atoms with E-state index in [-0.39, 0.29) is 0 Å². The van der Waals surface area contributed by atoms with Crippen molar-refractivity contribution in [3.05, 3.63) is 40.3 Å². The normalized spacial score (nSPS) is 10.2. The van der Waals surface area contributed by atoms with Crippen LogP contribution in [0.15, 0.2) is 29.8 Å². The molecule has 3 N–H and O–H groups in total. The van der Waals surface area contributed by atoms with Crippen molar-refractivity contribution in [2.45, 2.75) is 6.42 Å². The van der Waals surface area contributed by atoms with Gasteiger partial charge in [-0.15, -0.1) is 11.3 Å². The van der Waals surface area contributed by atoms with Gasteiger partial charge in [0.2, 0.25) is 0 Å². The predicted octanol–water partition coefficient (Wildman–Crippen LogP) is 2.17. The summed E-state index contributed by atoms with van der Waals surface area (Å²) in [5, 5.41) is 6.22. The molecule has 0 radical (unpaired) electrons. The number of carbonyl (C=O) groups is 1. The molecule has 2 aromatic rings. The summed E-state index contributed by atoms with van der Waals surface area (Å²) >= 11 is 1.62. The number of anilines is 2. The van der Waals surface area contributed by atoms with Gasteiger partial charge >= 0.3 is 5.97 Å². The zero-order valence-corrected chi connectivity index (χ0v) is 11.4. The minimum atomic E-state index is -0.430.